The Labute approximate surface area is 191 Å². The summed E-state index contributed by atoms with van der Waals surface area (Å²) in [6.07, 6.45) is 0.422. The van der Waals surface area contributed by atoms with Crippen LogP contribution in [0.15, 0.2) is 23.8 Å². The fourth-order valence-corrected chi connectivity index (χ4v) is 7.75. The average Bonchev–Trinajstić information content (AvgIpc) is 2.93. The number of Topliss-reactive ketones (excluding diaryl/α,β-unsaturated/α-hetero) is 1. The van der Waals surface area contributed by atoms with Gasteiger partial charge in [-0.15, -0.1) is 0 Å². The van der Waals surface area contributed by atoms with E-state index in [9.17, 15) is 19.8 Å². The van der Waals surface area contributed by atoms with Gasteiger partial charge in [0.25, 0.3) is 0 Å². The summed E-state index contributed by atoms with van der Waals surface area (Å²) in [7, 11) is 0. The fourth-order valence-electron chi connectivity index (χ4n) is 7.46. The summed E-state index contributed by atoms with van der Waals surface area (Å²) in [6.45, 7) is 6.73. The lowest BCUT2D eigenvalue weighted by atomic mass is 9.44. The van der Waals surface area contributed by atoms with Crippen molar-refractivity contribution >= 4 is 23.2 Å². The van der Waals surface area contributed by atoms with Crippen LogP contribution >= 0.6 is 11.6 Å². The minimum absolute atomic E-state index is 0.0426. The van der Waals surface area contributed by atoms with E-state index >= 15 is 8.78 Å². The number of halogens is 3. The predicted molar refractivity (Wildman–Crippen MR) is 114 cm³/mol. The van der Waals surface area contributed by atoms with E-state index in [1.165, 1.54) is 19.1 Å². The highest BCUT2D eigenvalue weighted by atomic mass is 35.5. The number of rotatable bonds is 4. The summed E-state index contributed by atoms with van der Waals surface area (Å²) in [5.74, 6) is -3.24. The minimum Gasteiger partial charge on any atom is -0.390 e. The Hall–Kier alpha value is -1.15. The van der Waals surface area contributed by atoms with Gasteiger partial charge in [0.2, 0.25) is 5.78 Å². The van der Waals surface area contributed by atoms with Crippen molar-refractivity contribution in [3.63, 3.8) is 0 Å². The molecule has 0 aromatic rings. The van der Waals surface area contributed by atoms with Gasteiger partial charge in [-0.1, -0.05) is 31.5 Å². The van der Waals surface area contributed by atoms with Crippen molar-refractivity contribution in [2.45, 2.75) is 76.1 Å². The van der Waals surface area contributed by atoms with Crippen molar-refractivity contribution in [3.05, 3.63) is 23.8 Å². The summed E-state index contributed by atoms with van der Waals surface area (Å²) in [4.78, 5) is 25.1. The first-order valence-corrected chi connectivity index (χ1v) is 11.7. The van der Waals surface area contributed by atoms with Crippen molar-refractivity contribution in [1.82, 2.24) is 0 Å². The molecule has 5 nitrogen and oxygen atoms in total. The van der Waals surface area contributed by atoms with Gasteiger partial charge in [0.15, 0.2) is 17.0 Å². The van der Waals surface area contributed by atoms with Crippen LogP contribution in [0.2, 0.25) is 0 Å². The van der Waals surface area contributed by atoms with Gasteiger partial charge in [0.1, 0.15) is 11.8 Å². The molecule has 178 valence electrons. The number of ether oxygens (including phenoxy) is 1. The molecule has 10 atom stereocenters. The van der Waals surface area contributed by atoms with E-state index in [1.807, 2.05) is 0 Å². The minimum atomic E-state index is -2.25. The Balaban J connectivity index is 1.82. The molecule has 4 aliphatic rings. The summed E-state index contributed by atoms with van der Waals surface area (Å²) in [6, 6.07) is 0. The molecule has 8 heteroatoms. The Morgan fingerprint density at radius 2 is 2.00 bits per heavy atom. The highest BCUT2D eigenvalue weighted by molar-refractivity contribution is 6.31. The molecule has 4 rings (SSSR count). The lowest BCUT2D eigenvalue weighted by Crippen LogP contribution is -2.70. The monoisotopic (exact) mass is 472 g/mol. The van der Waals surface area contributed by atoms with E-state index in [-0.39, 0.29) is 31.4 Å². The second-order valence-corrected chi connectivity index (χ2v) is 10.8. The van der Waals surface area contributed by atoms with Gasteiger partial charge in [-0.2, -0.15) is 0 Å². The maximum atomic E-state index is 17.1. The van der Waals surface area contributed by atoms with Gasteiger partial charge in [-0.05, 0) is 62.7 Å². The fraction of sp³-hybridized carbons (Fsp3) is 0.750. The zero-order valence-electron chi connectivity index (χ0n) is 18.8. The van der Waals surface area contributed by atoms with Gasteiger partial charge >= 0.3 is 0 Å². The summed E-state index contributed by atoms with van der Waals surface area (Å²) in [5, 5.41) is 23.0. The first-order chi connectivity index (χ1) is 14.8. The number of hydrogen-bond acceptors (Lipinski definition) is 5. The molecule has 1 unspecified atom stereocenters. The smallest absolute Gasteiger partial charge is 0.209 e. The number of hydrogen-bond donors (Lipinski definition) is 2. The third kappa shape index (κ3) is 2.71. The Morgan fingerprint density at radius 1 is 1.34 bits per heavy atom. The normalized spacial score (nSPS) is 50.8. The van der Waals surface area contributed by atoms with Gasteiger partial charge in [0.05, 0.1) is 6.10 Å². The number of fused-ring (bicyclic) bond motifs is 5. The van der Waals surface area contributed by atoms with E-state index in [0.717, 1.165) is 6.08 Å². The molecule has 0 saturated heterocycles. The van der Waals surface area contributed by atoms with Crippen molar-refractivity contribution in [2.75, 3.05) is 6.61 Å². The van der Waals surface area contributed by atoms with Crippen LogP contribution in [0.4, 0.5) is 8.78 Å². The van der Waals surface area contributed by atoms with Crippen LogP contribution in [0.5, 0.6) is 0 Å². The molecule has 0 radical (unpaired) electrons. The molecule has 0 aromatic carbocycles. The Kier molecular flexibility index (Phi) is 5.57. The first-order valence-electron chi connectivity index (χ1n) is 11.3. The zero-order chi connectivity index (χ0) is 23.9. The van der Waals surface area contributed by atoms with Crippen LogP contribution in [-0.2, 0) is 14.3 Å². The van der Waals surface area contributed by atoms with Crippen molar-refractivity contribution in [1.29, 1.82) is 0 Å². The van der Waals surface area contributed by atoms with E-state index in [4.69, 9.17) is 16.3 Å². The largest absolute Gasteiger partial charge is 0.390 e. The maximum Gasteiger partial charge on any atom is 0.209 e. The number of carbonyl (C=O) groups is 2. The molecule has 0 heterocycles. The molecule has 4 aliphatic carbocycles. The number of aliphatic hydroxyl groups is 2. The first kappa shape index (κ1) is 24.0. The SMILES string of the molecule is CCOC(Cl)C(=O)[C@@]1(O)[C@H](C)C[C@H]2[C@@H]3C[C@H](F)C4=CC(=O)C=C[C@]4(C)[C@@]3(F)[C@@H](O)C[C@@]21C. The van der Waals surface area contributed by atoms with E-state index in [2.05, 4.69) is 0 Å². The van der Waals surface area contributed by atoms with Crippen LogP contribution in [0.1, 0.15) is 47.0 Å². The third-order valence-corrected chi connectivity index (χ3v) is 9.43. The number of alkyl halides is 3. The molecule has 32 heavy (non-hydrogen) atoms. The molecule has 0 spiro atoms. The lowest BCUT2D eigenvalue weighted by Gasteiger charge is -2.63. The molecule has 3 saturated carbocycles. The lowest BCUT2D eigenvalue weighted by molar-refractivity contribution is -0.224. The van der Waals surface area contributed by atoms with E-state index in [0.29, 0.717) is 0 Å². The summed E-state index contributed by atoms with van der Waals surface area (Å²) < 4.78 is 37.7. The van der Waals surface area contributed by atoms with Crippen LogP contribution in [0.25, 0.3) is 0 Å². The Morgan fingerprint density at radius 3 is 2.62 bits per heavy atom. The predicted octanol–water partition coefficient (Wildman–Crippen LogP) is 3.45. The average molecular weight is 473 g/mol. The quantitative estimate of drug-likeness (QED) is 0.612. The highest BCUT2D eigenvalue weighted by Gasteiger charge is 2.76. The zero-order valence-corrected chi connectivity index (χ0v) is 19.5. The van der Waals surface area contributed by atoms with Crippen molar-refractivity contribution in [3.8, 4) is 0 Å². The maximum absolute atomic E-state index is 17.1. The van der Waals surface area contributed by atoms with Crippen molar-refractivity contribution < 1.29 is 33.3 Å². The Bertz CT molecular complexity index is 907. The highest BCUT2D eigenvalue weighted by Crippen LogP contribution is 2.71. The third-order valence-electron chi connectivity index (χ3n) is 9.10. The molecule has 2 N–H and O–H groups in total. The second kappa shape index (κ2) is 7.42. The number of ketones is 2. The summed E-state index contributed by atoms with van der Waals surface area (Å²) >= 11 is 6.13. The molecule has 3 fully saturated rings. The van der Waals surface area contributed by atoms with Gasteiger partial charge < -0.3 is 14.9 Å². The van der Waals surface area contributed by atoms with Crippen LogP contribution in [0, 0.1) is 28.6 Å². The van der Waals surface area contributed by atoms with Crippen molar-refractivity contribution in [2.24, 2.45) is 28.6 Å². The van der Waals surface area contributed by atoms with Crippen LogP contribution in [0.3, 0.4) is 0 Å². The molecule has 0 aromatic heterocycles. The molecular weight excluding hydrogens is 442 g/mol. The van der Waals surface area contributed by atoms with Crippen LogP contribution in [-0.4, -0.2) is 57.5 Å². The standard InChI is InChI=1S/C24H31ClF2O5/c1-5-32-20(25)19(30)24(31)12(2)8-14-15-10-17(26)16-9-13(28)6-7-21(16,3)23(15,27)18(29)11-22(14,24)4/h6-7,9,12,14-15,17-18,20,29,31H,5,8,10-11H2,1-4H3/t12-,14+,15+,17+,18+,20?,21+,22+,23+,24+/m1/s1. The number of carbonyl (C=O) groups excluding carboxylic acids is 2. The number of aliphatic hydroxyl groups excluding tert-OH is 1. The molecule has 0 bridgehead atoms. The molecule has 0 amide bonds. The molecule has 0 aliphatic heterocycles. The van der Waals surface area contributed by atoms with E-state index < -0.39 is 69.3 Å². The van der Waals surface area contributed by atoms with Gasteiger partial charge in [0, 0.05) is 23.4 Å². The second-order valence-electron chi connectivity index (χ2n) is 10.4. The summed E-state index contributed by atoms with van der Waals surface area (Å²) in [5.41, 5.74) is -8.27. The van der Waals surface area contributed by atoms with E-state index in [1.54, 1.807) is 20.8 Å². The molecular formula is C24H31ClF2O5. The van der Waals surface area contributed by atoms with Crippen LogP contribution < -0.4 is 0 Å². The number of allylic oxidation sites excluding steroid dienone is 4. The topological polar surface area (TPSA) is 83.8 Å². The van der Waals surface area contributed by atoms with Gasteiger partial charge in [-0.25, -0.2) is 8.78 Å². The van der Waals surface area contributed by atoms with Gasteiger partial charge in [-0.3, -0.25) is 9.59 Å².